The summed E-state index contributed by atoms with van der Waals surface area (Å²) in [5.41, 5.74) is 6.74. The third-order valence-electron chi connectivity index (χ3n) is 3.15. The summed E-state index contributed by atoms with van der Waals surface area (Å²) in [6.07, 6.45) is 0. The van der Waals surface area contributed by atoms with E-state index in [9.17, 15) is 8.42 Å². The van der Waals surface area contributed by atoms with Crippen LogP contribution in [0.5, 0.6) is 11.5 Å². The molecular weight excluding hydrogens is 384 g/mol. The minimum atomic E-state index is -3.69. The summed E-state index contributed by atoms with van der Waals surface area (Å²) in [6, 6.07) is 9.70. The molecule has 0 radical (unpaired) electrons. The average molecular weight is 401 g/mol. The van der Waals surface area contributed by atoms with Crippen molar-refractivity contribution < 1.29 is 17.9 Å². The summed E-state index contributed by atoms with van der Waals surface area (Å²) in [5, 5.41) is 0. The Hall–Kier alpha value is -1.77. The van der Waals surface area contributed by atoms with Gasteiger partial charge in [-0.2, -0.15) is 0 Å². The van der Waals surface area contributed by atoms with E-state index in [1.165, 1.54) is 19.2 Å². The molecule has 8 heteroatoms. The number of nitrogen functional groups attached to an aromatic ring is 1. The van der Waals surface area contributed by atoms with Gasteiger partial charge < -0.3 is 15.2 Å². The van der Waals surface area contributed by atoms with Crippen LogP contribution in [0, 0.1) is 0 Å². The van der Waals surface area contributed by atoms with Gasteiger partial charge in [-0.3, -0.25) is 0 Å². The summed E-state index contributed by atoms with van der Waals surface area (Å²) >= 11 is 3.23. The van der Waals surface area contributed by atoms with Gasteiger partial charge in [0.15, 0.2) is 0 Å². The smallest absolute Gasteiger partial charge is 0.240 e. The van der Waals surface area contributed by atoms with Gasteiger partial charge in [-0.1, -0.05) is 22.0 Å². The van der Waals surface area contributed by atoms with E-state index in [-0.39, 0.29) is 11.4 Å². The summed E-state index contributed by atoms with van der Waals surface area (Å²) in [4.78, 5) is 0.0943. The highest BCUT2D eigenvalue weighted by molar-refractivity contribution is 9.10. The average Bonchev–Trinajstić information content (AvgIpc) is 2.51. The normalized spacial score (nSPS) is 11.3. The van der Waals surface area contributed by atoms with Crippen LogP contribution in [0.3, 0.4) is 0 Å². The summed E-state index contributed by atoms with van der Waals surface area (Å²) in [5.74, 6) is 1.18. The first-order valence-electron chi connectivity index (χ1n) is 6.62. The first-order valence-corrected chi connectivity index (χ1v) is 8.90. The lowest BCUT2D eigenvalue weighted by atomic mass is 10.2. The van der Waals surface area contributed by atoms with Crippen LogP contribution in [0.2, 0.25) is 0 Å². The van der Waals surface area contributed by atoms with Crippen LogP contribution in [0.25, 0.3) is 0 Å². The first kappa shape index (κ1) is 17.6. The van der Waals surface area contributed by atoms with E-state index < -0.39 is 10.0 Å². The fourth-order valence-corrected chi connectivity index (χ4v) is 3.74. The van der Waals surface area contributed by atoms with E-state index in [0.717, 1.165) is 0 Å². The Morgan fingerprint density at radius 2 is 1.87 bits per heavy atom. The van der Waals surface area contributed by atoms with E-state index in [2.05, 4.69) is 20.7 Å². The van der Waals surface area contributed by atoms with E-state index in [1.54, 1.807) is 31.4 Å². The number of anilines is 1. The molecular formula is C15H17BrN2O4S. The first-order chi connectivity index (χ1) is 10.9. The molecule has 0 heterocycles. The van der Waals surface area contributed by atoms with Crippen LogP contribution in [0.4, 0.5) is 5.69 Å². The topological polar surface area (TPSA) is 90.7 Å². The van der Waals surface area contributed by atoms with Crippen LogP contribution < -0.4 is 19.9 Å². The molecule has 0 aromatic heterocycles. The number of halogens is 1. The van der Waals surface area contributed by atoms with Crippen molar-refractivity contribution in [3.05, 3.63) is 46.4 Å². The minimum Gasteiger partial charge on any atom is -0.497 e. The zero-order valence-electron chi connectivity index (χ0n) is 12.7. The van der Waals surface area contributed by atoms with Crippen LogP contribution in [-0.2, 0) is 16.6 Å². The van der Waals surface area contributed by atoms with Crippen molar-refractivity contribution in [2.24, 2.45) is 0 Å². The molecule has 0 atom stereocenters. The maximum absolute atomic E-state index is 12.4. The number of nitrogens with one attached hydrogen (secondary N) is 1. The number of benzene rings is 2. The van der Waals surface area contributed by atoms with E-state index in [0.29, 0.717) is 27.2 Å². The molecule has 0 saturated heterocycles. The van der Waals surface area contributed by atoms with Crippen molar-refractivity contribution in [1.82, 2.24) is 4.72 Å². The van der Waals surface area contributed by atoms with E-state index in [1.807, 2.05) is 0 Å². The van der Waals surface area contributed by atoms with Gasteiger partial charge in [-0.25, -0.2) is 13.1 Å². The van der Waals surface area contributed by atoms with Crippen molar-refractivity contribution in [3.63, 3.8) is 0 Å². The Morgan fingerprint density at radius 1 is 1.13 bits per heavy atom. The Balaban J connectivity index is 2.22. The van der Waals surface area contributed by atoms with Crippen molar-refractivity contribution in [2.45, 2.75) is 11.4 Å². The number of hydrogen-bond donors (Lipinski definition) is 2. The van der Waals surface area contributed by atoms with Crippen LogP contribution >= 0.6 is 15.9 Å². The maximum atomic E-state index is 12.4. The van der Waals surface area contributed by atoms with Gasteiger partial charge in [-0.05, 0) is 24.3 Å². The molecule has 2 aromatic rings. The Bertz CT molecular complexity index is 789. The second-order valence-corrected chi connectivity index (χ2v) is 7.41. The lowest BCUT2D eigenvalue weighted by molar-refractivity contribution is 0.390. The number of nitrogens with two attached hydrogens (primary N) is 1. The molecule has 0 aliphatic carbocycles. The highest BCUT2D eigenvalue weighted by Crippen LogP contribution is 2.25. The maximum Gasteiger partial charge on any atom is 0.240 e. The number of ether oxygens (including phenoxy) is 2. The third-order valence-corrected chi connectivity index (χ3v) is 4.99. The van der Waals surface area contributed by atoms with Crippen molar-refractivity contribution in [3.8, 4) is 11.5 Å². The number of sulfonamides is 1. The highest BCUT2D eigenvalue weighted by Gasteiger charge is 2.16. The van der Waals surface area contributed by atoms with Crippen molar-refractivity contribution in [2.75, 3.05) is 20.0 Å². The largest absolute Gasteiger partial charge is 0.497 e. The molecule has 0 bridgehead atoms. The van der Waals surface area contributed by atoms with Gasteiger partial charge in [0, 0.05) is 28.3 Å². The van der Waals surface area contributed by atoms with Gasteiger partial charge in [0.25, 0.3) is 0 Å². The molecule has 2 aromatic carbocycles. The molecule has 124 valence electrons. The standard InChI is InChI=1S/C15H17BrN2O4S/c1-21-13-4-3-10(15(8-13)22-2)9-18-23(19,20)14-6-11(16)5-12(17)7-14/h3-8,18H,9,17H2,1-2H3. The molecule has 23 heavy (non-hydrogen) atoms. The van der Waals surface area contributed by atoms with E-state index >= 15 is 0 Å². The predicted octanol–water partition coefficient (Wildman–Crippen LogP) is 2.53. The second-order valence-electron chi connectivity index (χ2n) is 4.72. The van der Waals surface area contributed by atoms with Crippen molar-refractivity contribution >= 4 is 31.6 Å². The summed E-state index contributed by atoms with van der Waals surface area (Å²) in [6.45, 7) is 0.0852. The van der Waals surface area contributed by atoms with Crippen molar-refractivity contribution in [1.29, 1.82) is 0 Å². The number of hydrogen-bond acceptors (Lipinski definition) is 5. The predicted molar refractivity (Wildman–Crippen MR) is 92.1 cm³/mol. The Kier molecular flexibility index (Phi) is 5.51. The van der Waals surface area contributed by atoms with Crippen LogP contribution in [-0.4, -0.2) is 22.6 Å². The van der Waals surface area contributed by atoms with Gasteiger partial charge in [0.05, 0.1) is 19.1 Å². The van der Waals surface area contributed by atoms with Gasteiger partial charge in [-0.15, -0.1) is 0 Å². The summed E-state index contributed by atoms with van der Waals surface area (Å²) < 4.78 is 38.3. The van der Waals surface area contributed by atoms with Crippen LogP contribution in [0.15, 0.2) is 45.8 Å². The SMILES string of the molecule is COc1ccc(CNS(=O)(=O)c2cc(N)cc(Br)c2)c(OC)c1. The zero-order valence-corrected chi connectivity index (χ0v) is 15.1. The van der Waals surface area contributed by atoms with Gasteiger partial charge in [0.2, 0.25) is 10.0 Å². The van der Waals surface area contributed by atoms with Gasteiger partial charge in [0.1, 0.15) is 11.5 Å². The molecule has 0 unspecified atom stereocenters. The lowest BCUT2D eigenvalue weighted by Gasteiger charge is -2.12. The fourth-order valence-electron chi connectivity index (χ4n) is 1.99. The molecule has 0 spiro atoms. The molecule has 0 aliphatic heterocycles. The minimum absolute atomic E-state index is 0.0852. The number of rotatable bonds is 6. The quantitative estimate of drug-likeness (QED) is 0.726. The highest BCUT2D eigenvalue weighted by atomic mass is 79.9. The molecule has 0 aliphatic rings. The fraction of sp³-hybridized carbons (Fsp3) is 0.200. The molecule has 2 rings (SSSR count). The molecule has 3 N–H and O–H groups in total. The molecule has 0 fully saturated rings. The monoisotopic (exact) mass is 400 g/mol. The Labute approximate surface area is 143 Å². The van der Waals surface area contributed by atoms with Gasteiger partial charge >= 0.3 is 0 Å². The van der Waals surface area contributed by atoms with Crippen LogP contribution in [0.1, 0.15) is 5.56 Å². The molecule has 6 nitrogen and oxygen atoms in total. The zero-order chi connectivity index (χ0) is 17.0. The molecule has 0 saturated carbocycles. The van der Waals surface area contributed by atoms with E-state index in [4.69, 9.17) is 15.2 Å². The lowest BCUT2D eigenvalue weighted by Crippen LogP contribution is -2.23. The third kappa shape index (κ3) is 4.37. The second kappa shape index (κ2) is 7.20. The molecule has 0 amide bonds. The Morgan fingerprint density at radius 3 is 2.48 bits per heavy atom. The number of methoxy groups -OCH3 is 2. The summed E-state index contributed by atoms with van der Waals surface area (Å²) in [7, 11) is -0.625.